The molecule has 1 fully saturated rings. The molecule has 1 N–H and O–H groups in total. The highest BCUT2D eigenvalue weighted by Gasteiger charge is 2.45. The van der Waals surface area contributed by atoms with Gasteiger partial charge in [0.2, 0.25) is 11.8 Å². The number of anilines is 1. The summed E-state index contributed by atoms with van der Waals surface area (Å²) in [4.78, 5) is 28.3. The van der Waals surface area contributed by atoms with Crippen LogP contribution in [0, 0.1) is 5.92 Å². The van der Waals surface area contributed by atoms with Crippen LogP contribution < -0.4 is 5.32 Å². The van der Waals surface area contributed by atoms with Crippen molar-refractivity contribution >= 4 is 29.2 Å². The molecule has 1 aliphatic carbocycles. The van der Waals surface area contributed by atoms with Gasteiger partial charge in [0.1, 0.15) is 5.82 Å². The number of hydrogen-bond donors (Lipinski definition) is 1. The Morgan fingerprint density at radius 2 is 1.81 bits per heavy atom. The third-order valence-electron chi connectivity index (χ3n) is 6.59. The number of benzene rings is 2. The number of carbonyl (C=O) groups is 2. The van der Waals surface area contributed by atoms with Crippen LogP contribution in [0.5, 0.6) is 0 Å². The number of halogens is 1. The van der Waals surface area contributed by atoms with Crippen LogP contribution in [0.4, 0.5) is 5.82 Å². The van der Waals surface area contributed by atoms with Gasteiger partial charge in [-0.1, -0.05) is 88.2 Å². The molecule has 1 aliphatic rings. The Balaban J connectivity index is 1.52. The fourth-order valence-electron chi connectivity index (χ4n) is 4.39. The van der Waals surface area contributed by atoms with Gasteiger partial charge < -0.3 is 10.2 Å². The van der Waals surface area contributed by atoms with Gasteiger partial charge in [0.05, 0.1) is 22.9 Å². The molecule has 1 aromatic heterocycles. The molecule has 0 radical (unpaired) electrons. The summed E-state index contributed by atoms with van der Waals surface area (Å²) in [5.74, 6) is 0.530. The Hall–Kier alpha value is -3.12. The first-order valence-electron chi connectivity index (χ1n) is 12.7. The average Bonchev–Trinajstić information content (AvgIpc) is 3.54. The molecular formula is C29H35ClN4O2. The van der Waals surface area contributed by atoms with E-state index in [0.29, 0.717) is 23.1 Å². The third-order valence-corrected chi connectivity index (χ3v) is 6.91. The molecule has 2 aromatic carbocycles. The van der Waals surface area contributed by atoms with Crippen LogP contribution in [0.15, 0.2) is 60.7 Å². The van der Waals surface area contributed by atoms with Crippen molar-refractivity contribution in [1.29, 1.82) is 0 Å². The predicted octanol–water partition coefficient (Wildman–Crippen LogP) is 6.19. The Morgan fingerprint density at radius 3 is 2.47 bits per heavy atom. The number of rotatable bonds is 9. The van der Waals surface area contributed by atoms with Crippen LogP contribution in [0.2, 0.25) is 5.02 Å². The van der Waals surface area contributed by atoms with Gasteiger partial charge in [-0.2, -0.15) is 5.10 Å². The number of amides is 2. The summed E-state index contributed by atoms with van der Waals surface area (Å²) < 4.78 is 1.67. The molecule has 36 heavy (non-hydrogen) atoms. The van der Waals surface area contributed by atoms with Gasteiger partial charge >= 0.3 is 0 Å². The van der Waals surface area contributed by atoms with Crippen LogP contribution in [-0.4, -0.2) is 39.6 Å². The van der Waals surface area contributed by atoms with Crippen molar-refractivity contribution in [3.05, 3.63) is 76.9 Å². The van der Waals surface area contributed by atoms with Gasteiger partial charge in [-0.15, -0.1) is 0 Å². The van der Waals surface area contributed by atoms with Gasteiger partial charge in [0, 0.05) is 23.9 Å². The summed E-state index contributed by atoms with van der Waals surface area (Å²) >= 11 is 6.45. The molecule has 4 rings (SSSR count). The van der Waals surface area contributed by atoms with Crippen molar-refractivity contribution < 1.29 is 9.59 Å². The molecule has 3 aromatic rings. The van der Waals surface area contributed by atoms with Crippen LogP contribution in [0.1, 0.15) is 64.1 Å². The maximum absolute atomic E-state index is 13.4. The number of hydrogen-bond acceptors (Lipinski definition) is 3. The fourth-order valence-corrected chi connectivity index (χ4v) is 4.60. The van der Waals surface area contributed by atoms with E-state index in [9.17, 15) is 9.59 Å². The van der Waals surface area contributed by atoms with Crippen molar-refractivity contribution in [3.63, 3.8) is 0 Å². The van der Waals surface area contributed by atoms with Gasteiger partial charge in [0.25, 0.3) is 0 Å². The molecule has 0 aliphatic heterocycles. The molecule has 1 heterocycles. The zero-order chi connectivity index (χ0) is 25.9. The second-order valence-corrected chi connectivity index (χ2v) is 11.0. The number of aromatic nitrogens is 2. The second kappa shape index (κ2) is 10.9. The van der Waals surface area contributed by atoms with Gasteiger partial charge in [0.15, 0.2) is 0 Å². The van der Waals surface area contributed by atoms with Gasteiger partial charge in [-0.3, -0.25) is 9.59 Å². The van der Waals surface area contributed by atoms with Crippen molar-refractivity contribution in [2.45, 2.75) is 58.3 Å². The highest BCUT2D eigenvalue weighted by molar-refractivity contribution is 6.32. The molecule has 0 spiro atoms. The number of carbonyl (C=O) groups excluding carboxylic acids is 2. The van der Waals surface area contributed by atoms with Gasteiger partial charge in [-0.25, -0.2) is 4.68 Å². The van der Waals surface area contributed by atoms with E-state index in [2.05, 4.69) is 45.1 Å². The molecule has 6 nitrogen and oxygen atoms in total. The maximum Gasteiger partial charge on any atom is 0.245 e. The van der Waals surface area contributed by atoms with E-state index in [1.807, 2.05) is 42.5 Å². The largest absolute Gasteiger partial charge is 0.333 e. The highest BCUT2D eigenvalue weighted by Crippen LogP contribution is 2.48. The van der Waals surface area contributed by atoms with E-state index in [1.54, 1.807) is 15.6 Å². The lowest BCUT2D eigenvalue weighted by Crippen LogP contribution is -2.40. The van der Waals surface area contributed by atoms with Crippen LogP contribution >= 0.6 is 11.6 Å². The second-order valence-electron chi connectivity index (χ2n) is 10.5. The standard InChI is InChI=1S/C29H35ClN4O2/c1-5-6-16-33(28(36)22-17-21(22)20-12-8-7-9-13-20)19-27(35)31-26-18-25(29(2,3)4)32-34(26)24-15-11-10-14-23(24)30/h7-15,18,21-22H,5-6,16-17,19H2,1-4H3,(H,31,35). The Labute approximate surface area is 218 Å². The number of nitrogens with one attached hydrogen (secondary N) is 1. The van der Waals surface area contributed by atoms with Gasteiger partial charge in [-0.05, 0) is 36.5 Å². The zero-order valence-corrected chi connectivity index (χ0v) is 22.3. The summed E-state index contributed by atoms with van der Waals surface area (Å²) in [7, 11) is 0. The van der Waals surface area contributed by atoms with Crippen LogP contribution in [-0.2, 0) is 15.0 Å². The molecule has 7 heteroatoms. The summed E-state index contributed by atoms with van der Waals surface area (Å²) in [6.45, 7) is 8.88. The smallest absolute Gasteiger partial charge is 0.245 e. The van der Waals surface area contributed by atoms with Crippen molar-refractivity contribution in [2.75, 3.05) is 18.4 Å². The lowest BCUT2D eigenvalue weighted by Gasteiger charge is -2.22. The molecule has 190 valence electrons. The average molecular weight is 507 g/mol. The van der Waals surface area contributed by atoms with E-state index in [4.69, 9.17) is 16.7 Å². The number of nitrogens with zero attached hydrogens (tertiary/aromatic N) is 3. The van der Waals surface area contributed by atoms with Crippen molar-refractivity contribution in [2.24, 2.45) is 5.92 Å². The first kappa shape index (κ1) is 26.0. The van der Waals surface area contributed by atoms with Crippen LogP contribution in [0.25, 0.3) is 5.69 Å². The highest BCUT2D eigenvalue weighted by atomic mass is 35.5. The first-order valence-corrected chi connectivity index (χ1v) is 13.1. The normalized spacial score (nSPS) is 17.0. The fraction of sp³-hybridized carbons (Fsp3) is 0.414. The van der Waals surface area contributed by atoms with Crippen LogP contribution in [0.3, 0.4) is 0 Å². The summed E-state index contributed by atoms with van der Waals surface area (Å²) in [6.07, 6.45) is 2.64. The zero-order valence-electron chi connectivity index (χ0n) is 21.5. The summed E-state index contributed by atoms with van der Waals surface area (Å²) in [6, 6.07) is 19.4. The SMILES string of the molecule is CCCCN(CC(=O)Nc1cc(C(C)(C)C)nn1-c1ccccc1Cl)C(=O)C1CC1c1ccccc1. The predicted molar refractivity (Wildman–Crippen MR) is 145 cm³/mol. The molecule has 0 saturated heterocycles. The monoisotopic (exact) mass is 506 g/mol. The lowest BCUT2D eigenvalue weighted by molar-refractivity contribution is -0.136. The minimum atomic E-state index is -0.245. The molecular weight excluding hydrogens is 472 g/mol. The van der Waals surface area contributed by atoms with E-state index in [0.717, 1.165) is 25.0 Å². The molecule has 1 saturated carbocycles. The first-order chi connectivity index (χ1) is 17.2. The molecule has 2 unspecified atom stereocenters. The number of para-hydroxylation sites is 1. The van der Waals surface area contributed by atoms with E-state index < -0.39 is 0 Å². The molecule has 2 atom stereocenters. The molecule has 0 bridgehead atoms. The summed E-state index contributed by atoms with van der Waals surface area (Å²) in [5.41, 5.74) is 2.50. The van der Waals surface area contributed by atoms with E-state index in [1.165, 1.54) is 5.56 Å². The Morgan fingerprint density at radius 1 is 1.11 bits per heavy atom. The Kier molecular flexibility index (Phi) is 7.84. The molecule has 2 amide bonds. The van der Waals surface area contributed by atoms with E-state index in [-0.39, 0.29) is 35.6 Å². The topological polar surface area (TPSA) is 67.2 Å². The number of unbranched alkanes of at least 4 members (excludes halogenated alkanes) is 1. The van der Waals surface area contributed by atoms with Crippen molar-refractivity contribution in [1.82, 2.24) is 14.7 Å². The summed E-state index contributed by atoms with van der Waals surface area (Å²) in [5, 5.41) is 8.29. The lowest BCUT2D eigenvalue weighted by atomic mass is 9.92. The maximum atomic E-state index is 13.4. The quantitative estimate of drug-likeness (QED) is 0.376. The van der Waals surface area contributed by atoms with Crippen molar-refractivity contribution in [3.8, 4) is 5.69 Å². The third kappa shape index (κ3) is 5.98. The Bertz CT molecular complexity index is 1220. The van der Waals surface area contributed by atoms with E-state index >= 15 is 0 Å². The minimum Gasteiger partial charge on any atom is -0.333 e. The minimum absolute atomic E-state index is 0.00932.